The SMILES string of the molecule is Cc1ccccc1CCC(=O)Cc1ncnn1C(C)C. The van der Waals surface area contributed by atoms with Crippen molar-refractivity contribution in [3.8, 4) is 0 Å². The van der Waals surface area contributed by atoms with Gasteiger partial charge >= 0.3 is 0 Å². The lowest BCUT2D eigenvalue weighted by atomic mass is 10.0. The van der Waals surface area contributed by atoms with Gasteiger partial charge in [0.05, 0.1) is 6.42 Å². The van der Waals surface area contributed by atoms with Crippen LogP contribution in [0.4, 0.5) is 0 Å². The highest BCUT2D eigenvalue weighted by atomic mass is 16.1. The predicted octanol–water partition coefficient (Wildman–Crippen LogP) is 2.91. The van der Waals surface area contributed by atoms with Crippen LogP contribution in [0.5, 0.6) is 0 Å². The van der Waals surface area contributed by atoms with Crippen molar-refractivity contribution in [2.45, 2.75) is 46.1 Å². The lowest BCUT2D eigenvalue weighted by Gasteiger charge is -2.09. The highest BCUT2D eigenvalue weighted by Crippen LogP contribution is 2.11. The van der Waals surface area contributed by atoms with E-state index in [-0.39, 0.29) is 11.8 Å². The molecule has 0 aliphatic heterocycles. The molecule has 1 heterocycles. The van der Waals surface area contributed by atoms with Gasteiger partial charge < -0.3 is 0 Å². The Morgan fingerprint density at radius 2 is 2.05 bits per heavy atom. The summed E-state index contributed by atoms with van der Waals surface area (Å²) < 4.78 is 1.81. The number of benzene rings is 1. The van der Waals surface area contributed by atoms with Crippen LogP contribution in [-0.2, 0) is 17.6 Å². The largest absolute Gasteiger partial charge is 0.299 e. The van der Waals surface area contributed by atoms with Crippen LogP contribution in [0.25, 0.3) is 0 Å². The molecule has 4 heteroatoms. The minimum Gasteiger partial charge on any atom is -0.299 e. The zero-order valence-electron chi connectivity index (χ0n) is 12.3. The van der Waals surface area contributed by atoms with Crippen molar-refractivity contribution < 1.29 is 4.79 Å². The topological polar surface area (TPSA) is 47.8 Å². The number of aromatic nitrogens is 3. The summed E-state index contributed by atoms with van der Waals surface area (Å²) >= 11 is 0. The number of Topliss-reactive ketones (excluding diaryl/α,β-unsaturated/α-hetero) is 1. The minimum absolute atomic E-state index is 0.211. The molecule has 1 aromatic heterocycles. The Kier molecular flexibility index (Phi) is 4.66. The van der Waals surface area contributed by atoms with Crippen molar-refractivity contribution in [2.24, 2.45) is 0 Å². The van der Waals surface area contributed by atoms with E-state index < -0.39 is 0 Å². The highest BCUT2D eigenvalue weighted by molar-refractivity contribution is 5.80. The molecule has 0 aliphatic carbocycles. The summed E-state index contributed by atoms with van der Waals surface area (Å²) in [5.74, 6) is 0.970. The lowest BCUT2D eigenvalue weighted by Crippen LogP contribution is -2.13. The van der Waals surface area contributed by atoms with Crippen LogP contribution in [-0.4, -0.2) is 20.5 Å². The highest BCUT2D eigenvalue weighted by Gasteiger charge is 2.12. The molecular weight excluding hydrogens is 250 g/mol. The third kappa shape index (κ3) is 3.53. The maximum atomic E-state index is 12.1. The van der Waals surface area contributed by atoms with Crippen molar-refractivity contribution in [1.82, 2.24) is 14.8 Å². The molecule has 0 bridgehead atoms. The predicted molar refractivity (Wildman–Crippen MR) is 78.6 cm³/mol. The Morgan fingerprint density at radius 1 is 1.30 bits per heavy atom. The smallest absolute Gasteiger partial charge is 0.140 e. The van der Waals surface area contributed by atoms with E-state index in [1.165, 1.54) is 17.5 Å². The van der Waals surface area contributed by atoms with Gasteiger partial charge in [0.25, 0.3) is 0 Å². The average molecular weight is 271 g/mol. The van der Waals surface area contributed by atoms with Crippen molar-refractivity contribution in [1.29, 1.82) is 0 Å². The number of nitrogens with zero attached hydrogens (tertiary/aromatic N) is 3. The maximum absolute atomic E-state index is 12.1. The number of aryl methyl sites for hydroxylation is 2. The molecule has 0 fully saturated rings. The zero-order chi connectivity index (χ0) is 14.5. The number of carbonyl (C=O) groups is 1. The van der Waals surface area contributed by atoms with Gasteiger partial charge in [0.1, 0.15) is 17.9 Å². The van der Waals surface area contributed by atoms with Crippen molar-refractivity contribution in [3.05, 3.63) is 47.5 Å². The first kappa shape index (κ1) is 14.4. The zero-order valence-corrected chi connectivity index (χ0v) is 12.3. The summed E-state index contributed by atoms with van der Waals surface area (Å²) in [5, 5.41) is 4.15. The number of ketones is 1. The van der Waals surface area contributed by atoms with E-state index in [0.717, 1.165) is 12.2 Å². The molecule has 0 atom stereocenters. The summed E-state index contributed by atoms with van der Waals surface area (Å²) in [6, 6.07) is 8.43. The van der Waals surface area contributed by atoms with Crippen LogP contribution >= 0.6 is 0 Å². The van der Waals surface area contributed by atoms with E-state index in [4.69, 9.17) is 0 Å². The Labute approximate surface area is 119 Å². The summed E-state index contributed by atoms with van der Waals surface area (Å²) in [6.45, 7) is 6.15. The number of rotatable bonds is 6. The van der Waals surface area contributed by atoms with Gasteiger partial charge in [0.15, 0.2) is 0 Å². The average Bonchev–Trinajstić information content (AvgIpc) is 2.86. The molecule has 2 aromatic rings. The van der Waals surface area contributed by atoms with E-state index in [2.05, 4.69) is 29.1 Å². The van der Waals surface area contributed by atoms with E-state index in [1.807, 2.05) is 30.7 Å². The first-order chi connectivity index (χ1) is 9.58. The van der Waals surface area contributed by atoms with Crippen LogP contribution in [0.2, 0.25) is 0 Å². The molecule has 0 spiro atoms. The first-order valence-corrected chi connectivity index (χ1v) is 7.02. The molecule has 0 unspecified atom stereocenters. The van der Waals surface area contributed by atoms with Gasteiger partial charge in [0, 0.05) is 12.5 Å². The molecule has 0 saturated carbocycles. The standard InChI is InChI=1S/C16H21N3O/c1-12(2)19-16(17-11-18-19)10-15(20)9-8-14-7-5-4-6-13(14)3/h4-7,11-12H,8-10H2,1-3H3. The number of carbonyl (C=O) groups excluding carboxylic acids is 1. The van der Waals surface area contributed by atoms with Gasteiger partial charge in [-0.1, -0.05) is 24.3 Å². The van der Waals surface area contributed by atoms with Crippen LogP contribution < -0.4 is 0 Å². The second kappa shape index (κ2) is 6.46. The van der Waals surface area contributed by atoms with Gasteiger partial charge in [-0.3, -0.25) is 4.79 Å². The Hall–Kier alpha value is -1.97. The maximum Gasteiger partial charge on any atom is 0.140 e. The van der Waals surface area contributed by atoms with E-state index in [1.54, 1.807) is 0 Å². The second-order valence-electron chi connectivity index (χ2n) is 5.36. The summed E-state index contributed by atoms with van der Waals surface area (Å²) in [6.07, 6.45) is 3.23. The lowest BCUT2D eigenvalue weighted by molar-refractivity contribution is -0.118. The molecular formula is C16H21N3O. The fraction of sp³-hybridized carbons (Fsp3) is 0.438. The Morgan fingerprint density at radius 3 is 2.75 bits per heavy atom. The summed E-state index contributed by atoms with van der Waals surface area (Å²) in [4.78, 5) is 16.3. The minimum atomic E-state index is 0.211. The molecule has 1 aromatic carbocycles. The molecule has 0 saturated heterocycles. The molecule has 4 nitrogen and oxygen atoms in total. The third-order valence-corrected chi connectivity index (χ3v) is 3.43. The fourth-order valence-corrected chi connectivity index (χ4v) is 2.26. The van der Waals surface area contributed by atoms with Gasteiger partial charge in [-0.2, -0.15) is 5.10 Å². The summed E-state index contributed by atoms with van der Waals surface area (Å²) in [5.41, 5.74) is 2.48. The monoisotopic (exact) mass is 271 g/mol. The van der Waals surface area contributed by atoms with Crippen molar-refractivity contribution in [2.75, 3.05) is 0 Å². The first-order valence-electron chi connectivity index (χ1n) is 7.02. The Bertz CT molecular complexity index is 587. The summed E-state index contributed by atoms with van der Waals surface area (Å²) in [7, 11) is 0. The van der Waals surface area contributed by atoms with Crippen LogP contribution in [0.3, 0.4) is 0 Å². The molecule has 0 amide bonds. The molecule has 2 rings (SSSR count). The quantitative estimate of drug-likeness (QED) is 0.811. The second-order valence-corrected chi connectivity index (χ2v) is 5.36. The normalized spacial score (nSPS) is 11.0. The molecule has 20 heavy (non-hydrogen) atoms. The van der Waals surface area contributed by atoms with E-state index in [9.17, 15) is 4.79 Å². The molecule has 106 valence electrons. The van der Waals surface area contributed by atoms with E-state index in [0.29, 0.717) is 12.8 Å². The van der Waals surface area contributed by atoms with Crippen LogP contribution in [0.15, 0.2) is 30.6 Å². The molecule has 0 N–H and O–H groups in total. The van der Waals surface area contributed by atoms with Gasteiger partial charge in [-0.05, 0) is 38.3 Å². The van der Waals surface area contributed by atoms with E-state index >= 15 is 0 Å². The molecule has 0 radical (unpaired) electrons. The number of hydrogen-bond acceptors (Lipinski definition) is 3. The van der Waals surface area contributed by atoms with Crippen molar-refractivity contribution >= 4 is 5.78 Å². The van der Waals surface area contributed by atoms with Gasteiger partial charge in [0.2, 0.25) is 0 Å². The van der Waals surface area contributed by atoms with Crippen LogP contribution in [0, 0.1) is 6.92 Å². The third-order valence-electron chi connectivity index (χ3n) is 3.43. The Balaban J connectivity index is 1.93. The van der Waals surface area contributed by atoms with Gasteiger partial charge in [-0.25, -0.2) is 9.67 Å². The van der Waals surface area contributed by atoms with Gasteiger partial charge in [-0.15, -0.1) is 0 Å². The number of hydrogen-bond donors (Lipinski definition) is 0. The van der Waals surface area contributed by atoms with Crippen molar-refractivity contribution in [3.63, 3.8) is 0 Å². The molecule has 0 aliphatic rings. The van der Waals surface area contributed by atoms with Crippen LogP contribution in [0.1, 0.15) is 43.3 Å². The fourth-order valence-electron chi connectivity index (χ4n) is 2.26.